The second-order valence-electron chi connectivity index (χ2n) is 5.02. The Labute approximate surface area is 103 Å². The van der Waals surface area contributed by atoms with Crippen LogP contribution in [-0.2, 0) is 4.79 Å². The quantitative estimate of drug-likeness (QED) is 0.735. The average molecular weight is 232 g/mol. The van der Waals surface area contributed by atoms with Gasteiger partial charge in [0.25, 0.3) is 0 Å². The van der Waals surface area contributed by atoms with Gasteiger partial charge in [0.2, 0.25) is 0 Å². The van der Waals surface area contributed by atoms with Crippen LogP contribution >= 0.6 is 0 Å². The van der Waals surface area contributed by atoms with Gasteiger partial charge in [-0.15, -0.1) is 0 Å². The molecule has 2 heteroatoms. The molecule has 92 valence electrons. The van der Waals surface area contributed by atoms with Crippen molar-refractivity contribution in [2.75, 3.05) is 0 Å². The van der Waals surface area contributed by atoms with Crippen LogP contribution < -0.4 is 0 Å². The van der Waals surface area contributed by atoms with Gasteiger partial charge in [0.1, 0.15) is 11.5 Å². The van der Waals surface area contributed by atoms with Gasteiger partial charge >= 0.3 is 0 Å². The maximum atomic E-state index is 12.1. The molecule has 0 saturated carbocycles. The molecule has 17 heavy (non-hydrogen) atoms. The van der Waals surface area contributed by atoms with Crippen LogP contribution in [0, 0.1) is 5.92 Å². The number of rotatable bonds is 3. The van der Waals surface area contributed by atoms with Crippen molar-refractivity contribution in [3.8, 4) is 0 Å². The van der Waals surface area contributed by atoms with Crippen LogP contribution in [0.25, 0.3) is 0 Å². The fraction of sp³-hybridized carbons (Fsp3) is 0.533. The maximum Gasteiger partial charge on any atom is 0.136 e. The Hall–Kier alpha value is -1.31. The van der Waals surface area contributed by atoms with Crippen LogP contribution in [0.4, 0.5) is 0 Å². The zero-order chi connectivity index (χ0) is 12.4. The highest BCUT2D eigenvalue weighted by Gasteiger charge is 2.34. The van der Waals surface area contributed by atoms with Gasteiger partial charge in [-0.05, 0) is 38.8 Å². The van der Waals surface area contributed by atoms with E-state index in [0.29, 0.717) is 12.2 Å². The first-order chi connectivity index (χ1) is 8.13. The van der Waals surface area contributed by atoms with Gasteiger partial charge in [-0.3, -0.25) is 4.79 Å². The Morgan fingerprint density at radius 3 is 2.65 bits per heavy atom. The minimum absolute atomic E-state index is 0.106. The first kappa shape index (κ1) is 12.2. The van der Waals surface area contributed by atoms with Crippen molar-refractivity contribution in [1.29, 1.82) is 0 Å². The molecule has 2 rings (SSSR count). The summed E-state index contributed by atoms with van der Waals surface area (Å²) in [7, 11) is 0. The predicted octanol–water partition coefficient (Wildman–Crippen LogP) is 4.09. The molecule has 2 nitrogen and oxygen atoms in total. The van der Waals surface area contributed by atoms with E-state index >= 15 is 0 Å². The van der Waals surface area contributed by atoms with Gasteiger partial charge in [-0.2, -0.15) is 0 Å². The Kier molecular flexibility index (Phi) is 3.51. The maximum absolute atomic E-state index is 12.1. The summed E-state index contributed by atoms with van der Waals surface area (Å²) in [5.41, 5.74) is 2.78. The molecular formula is C15H20O2. The van der Waals surface area contributed by atoms with E-state index < -0.39 is 0 Å². The van der Waals surface area contributed by atoms with Crippen LogP contribution in [0.2, 0.25) is 0 Å². The van der Waals surface area contributed by atoms with E-state index in [2.05, 4.69) is 13.8 Å². The molecular weight excluding hydrogens is 212 g/mol. The van der Waals surface area contributed by atoms with Gasteiger partial charge in [0.05, 0.1) is 6.26 Å². The van der Waals surface area contributed by atoms with E-state index in [1.807, 2.05) is 19.1 Å². The van der Waals surface area contributed by atoms with Crippen LogP contribution in [0.5, 0.6) is 0 Å². The molecule has 0 amide bonds. The third-order valence-electron chi connectivity index (χ3n) is 3.94. The van der Waals surface area contributed by atoms with Crippen LogP contribution in [-0.4, -0.2) is 5.78 Å². The van der Waals surface area contributed by atoms with E-state index in [0.717, 1.165) is 18.6 Å². The third kappa shape index (κ3) is 2.36. The molecule has 0 N–H and O–H groups in total. The predicted molar refractivity (Wildman–Crippen MR) is 67.8 cm³/mol. The minimum Gasteiger partial charge on any atom is -0.469 e. The minimum atomic E-state index is 0.106. The zero-order valence-corrected chi connectivity index (χ0v) is 10.8. The summed E-state index contributed by atoms with van der Waals surface area (Å²) >= 11 is 0. The van der Waals surface area contributed by atoms with Crippen molar-refractivity contribution >= 4 is 5.78 Å². The Bertz CT molecular complexity index is 426. The molecule has 0 fully saturated rings. The lowest BCUT2D eigenvalue weighted by molar-refractivity contribution is -0.123. The molecule has 2 atom stereocenters. The number of allylic oxidation sites excluding steroid dienone is 2. The standard InChI is InChI=1S/C15H20O2/c1-4-14(16)12-8-10(2)11(3)9-13(12)15-6-5-7-17-15/h5-7,12-13H,4,8-9H2,1-3H3. The Balaban J connectivity index is 2.31. The number of Topliss-reactive ketones (excluding diaryl/α,β-unsaturated/α-hetero) is 1. The summed E-state index contributed by atoms with van der Waals surface area (Å²) in [6, 6.07) is 3.90. The molecule has 0 spiro atoms. The summed E-state index contributed by atoms with van der Waals surface area (Å²) in [5, 5.41) is 0. The number of carbonyl (C=O) groups excluding carboxylic acids is 1. The van der Waals surface area contributed by atoms with Crippen LogP contribution in [0.1, 0.15) is 51.7 Å². The fourth-order valence-electron chi connectivity index (χ4n) is 2.69. The van der Waals surface area contributed by atoms with E-state index in [9.17, 15) is 4.79 Å². The molecule has 1 heterocycles. The van der Waals surface area contributed by atoms with Gasteiger partial charge in [0, 0.05) is 18.3 Å². The number of hydrogen-bond donors (Lipinski definition) is 0. The first-order valence-electron chi connectivity index (χ1n) is 6.34. The monoisotopic (exact) mass is 232 g/mol. The molecule has 1 aliphatic rings. The van der Waals surface area contributed by atoms with Gasteiger partial charge in [0.15, 0.2) is 0 Å². The summed E-state index contributed by atoms with van der Waals surface area (Å²) < 4.78 is 5.51. The van der Waals surface area contributed by atoms with E-state index in [1.165, 1.54) is 11.1 Å². The van der Waals surface area contributed by atoms with E-state index in [4.69, 9.17) is 4.42 Å². The van der Waals surface area contributed by atoms with Gasteiger partial charge in [-0.1, -0.05) is 18.1 Å². The summed E-state index contributed by atoms with van der Waals surface area (Å²) in [4.78, 5) is 12.1. The normalized spacial score (nSPS) is 25.1. The molecule has 0 bridgehead atoms. The van der Waals surface area contributed by atoms with Crippen molar-refractivity contribution in [2.24, 2.45) is 5.92 Å². The van der Waals surface area contributed by atoms with Crippen molar-refractivity contribution in [2.45, 2.75) is 46.0 Å². The second-order valence-corrected chi connectivity index (χ2v) is 5.02. The van der Waals surface area contributed by atoms with Gasteiger partial charge < -0.3 is 4.42 Å². The topological polar surface area (TPSA) is 30.2 Å². The highest BCUT2D eigenvalue weighted by molar-refractivity contribution is 5.82. The molecule has 0 saturated heterocycles. The van der Waals surface area contributed by atoms with Crippen molar-refractivity contribution in [1.82, 2.24) is 0 Å². The molecule has 0 aromatic carbocycles. The highest BCUT2D eigenvalue weighted by atomic mass is 16.3. The number of carbonyl (C=O) groups is 1. The average Bonchev–Trinajstić information content (AvgIpc) is 2.84. The lowest BCUT2D eigenvalue weighted by atomic mass is 9.73. The second kappa shape index (κ2) is 4.91. The summed E-state index contributed by atoms with van der Waals surface area (Å²) in [6.07, 6.45) is 4.16. The lowest BCUT2D eigenvalue weighted by Gasteiger charge is -2.30. The largest absolute Gasteiger partial charge is 0.469 e. The summed E-state index contributed by atoms with van der Waals surface area (Å²) in [6.45, 7) is 6.25. The molecule has 1 aromatic heterocycles. The van der Waals surface area contributed by atoms with E-state index in [-0.39, 0.29) is 11.8 Å². The van der Waals surface area contributed by atoms with E-state index in [1.54, 1.807) is 6.26 Å². The summed E-state index contributed by atoms with van der Waals surface area (Å²) in [5.74, 6) is 1.66. The molecule has 2 unspecified atom stereocenters. The van der Waals surface area contributed by atoms with Crippen LogP contribution in [0.15, 0.2) is 34.0 Å². The van der Waals surface area contributed by atoms with Crippen molar-refractivity contribution < 1.29 is 9.21 Å². The molecule has 0 radical (unpaired) electrons. The smallest absolute Gasteiger partial charge is 0.136 e. The van der Waals surface area contributed by atoms with Crippen molar-refractivity contribution in [3.63, 3.8) is 0 Å². The molecule has 0 aliphatic heterocycles. The number of ketones is 1. The third-order valence-corrected chi connectivity index (χ3v) is 3.94. The Morgan fingerprint density at radius 1 is 1.35 bits per heavy atom. The SMILES string of the molecule is CCC(=O)C1CC(C)=C(C)CC1c1ccco1. The molecule has 1 aromatic rings. The Morgan fingerprint density at radius 2 is 2.06 bits per heavy atom. The van der Waals surface area contributed by atoms with Crippen molar-refractivity contribution in [3.05, 3.63) is 35.3 Å². The fourth-order valence-corrected chi connectivity index (χ4v) is 2.69. The molecule has 1 aliphatic carbocycles. The van der Waals surface area contributed by atoms with Crippen LogP contribution in [0.3, 0.4) is 0 Å². The lowest BCUT2D eigenvalue weighted by Crippen LogP contribution is -2.25. The first-order valence-corrected chi connectivity index (χ1v) is 6.34. The number of furan rings is 1. The number of hydrogen-bond acceptors (Lipinski definition) is 2. The highest BCUT2D eigenvalue weighted by Crippen LogP contribution is 2.41. The van der Waals surface area contributed by atoms with Gasteiger partial charge in [-0.25, -0.2) is 0 Å². The zero-order valence-electron chi connectivity index (χ0n) is 10.8.